The standard InChI is InChI=1S/C20H28N10O13P2S2/c21-19-26-14-8(16(34)28-19)25-5(1-23-14)12(46)13(47)6(31)2-40-44(36,37)43-45(38,39)41-3-7-10(32)11(33)18(42-7)30-4-24-9-15(30)27-20(22)29-17(9)35/h4-7,10-11,18,25,31-33,46-47H,1-3H2,(H,36,37)(H,38,39)(H3,22,27,29,35)(H4,21,23,26,28,34)/p+1/b13-12-/t5-,6-,7-,10-,11-,18-/m1/s1. The molecule has 27 heteroatoms. The van der Waals surface area contributed by atoms with E-state index in [4.69, 9.17) is 20.7 Å². The van der Waals surface area contributed by atoms with Crippen LogP contribution in [-0.4, -0.2) is 105 Å². The van der Waals surface area contributed by atoms with Crippen molar-refractivity contribution in [1.29, 1.82) is 0 Å². The SMILES string of the molecule is Nc1nc2c(c(=O)[nH]1)N[C@@H](/C(S)=C(/[SH2+])[C@H](O)COP(=O)(O)OP(=O)(O)OC[C@H]1O[C@@H](n3cnc4c(=O)[nH]c(N)nc43)[C@H](O)[C@@H]1O)CN2. The predicted molar refractivity (Wildman–Crippen MR) is 168 cm³/mol. The molecule has 0 aliphatic carbocycles. The van der Waals surface area contributed by atoms with Crippen molar-refractivity contribution in [2.45, 2.75) is 36.7 Å². The number of anilines is 4. The molecule has 2 aliphatic heterocycles. The number of hydrogen-bond acceptors (Lipinski definition) is 19. The first-order chi connectivity index (χ1) is 22.0. The summed E-state index contributed by atoms with van der Waals surface area (Å²) in [6.07, 6.45) is -6.87. The van der Waals surface area contributed by atoms with Gasteiger partial charge in [0.1, 0.15) is 30.1 Å². The minimum atomic E-state index is -5.40. The van der Waals surface area contributed by atoms with E-state index < -0.39 is 76.7 Å². The van der Waals surface area contributed by atoms with E-state index in [0.717, 1.165) is 10.9 Å². The van der Waals surface area contributed by atoms with Gasteiger partial charge in [-0.05, 0) is 12.6 Å². The summed E-state index contributed by atoms with van der Waals surface area (Å²) in [5, 5.41) is 37.2. The lowest BCUT2D eigenvalue weighted by atomic mass is 10.1. The topological polar surface area (TPSA) is 358 Å². The number of rotatable bonds is 11. The Morgan fingerprint density at radius 2 is 1.79 bits per heavy atom. The van der Waals surface area contributed by atoms with Crippen LogP contribution in [0.15, 0.2) is 25.7 Å². The minimum absolute atomic E-state index is 0.0482. The number of hydrogen-bond donors (Lipinski definition) is 12. The summed E-state index contributed by atoms with van der Waals surface area (Å²) < 4.78 is 45.1. The van der Waals surface area contributed by atoms with E-state index in [-0.39, 0.29) is 50.9 Å². The fraction of sp³-hybridized carbons (Fsp3) is 0.450. The molecular formula is C20H29N10O13P2S2+. The lowest BCUT2D eigenvalue weighted by Crippen LogP contribution is -2.38. The van der Waals surface area contributed by atoms with Crippen LogP contribution < -0.4 is 33.2 Å². The maximum Gasteiger partial charge on any atom is 0.481 e. The lowest BCUT2D eigenvalue weighted by molar-refractivity contribution is -0.0504. The Balaban J connectivity index is 1.16. The summed E-state index contributed by atoms with van der Waals surface area (Å²) >= 11 is 7.50. The molecule has 2 aliphatic rings. The molecule has 0 saturated carbocycles. The highest BCUT2D eigenvalue weighted by Crippen LogP contribution is 2.60. The van der Waals surface area contributed by atoms with Gasteiger partial charge in [0.2, 0.25) is 11.9 Å². The Kier molecular flexibility index (Phi) is 10.1. The van der Waals surface area contributed by atoms with Crippen molar-refractivity contribution >= 4 is 75.5 Å². The number of aromatic nitrogens is 6. The van der Waals surface area contributed by atoms with Gasteiger partial charge in [0.05, 0.1) is 30.5 Å². The number of fused-ring (bicyclic) bond motifs is 2. The van der Waals surface area contributed by atoms with Gasteiger partial charge in [-0.1, -0.05) is 0 Å². The average Bonchev–Trinajstić information content (AvgIpc) is 3.53. The second-order valence-corrected chi connectivity index (χ2v) is 14.1. The Hall–Kier alpha value is -3.03. The van der Waals surface area contributed by atoms with Gasteiger partial charge in [-0.2, -0.15) is 14.3 Å². The molecule has 5 heterocycles. The Labute approximate surface area is 272 Å². The van der Waals surface area contributed by atoms with Crippen LogP contribution in [0.2, 0.25) is 0 Å². The molecule has 0 spiro atoms. The van der Waals surface area contributed by atoms with Crippen molar-refractivity contribution in [2.24, 2.45) is 0 Å². The van der Waals surface area contributed by atoms with Crippen molar-refractivity contribution in [3.63, 3.8) is 0 Å². The molecule has 1 saturated heterocycles. The molecule has 3 aromatic rings. The van der Waals surface area contributed by atoms with E-state index in [1.54, 1.807) is 0 Å². The third-order valence-electron chi connectivity index (χ3n) is 6.74. The van der Waals surface area contributed by atoms with Gasteiger partial charge >= 0.3 is 15.6 Å². The number of nitrogens with two attached hydrogens (primary N) is 2. The molecule has 5 rings (SSSR count). The number of imidazole rings is 1. The number of phosphoric ester groups is 2. The van der Waals surface area contributed by atoms with Crippen LogP contribution in [0.3, 0.4) is 0 Å². The van der Waals surface area contributed by atoms with E-state index in [2.05, 4.69) is 69.6 Å². The quantitative estimate of drug-likeness (QED) is 0.0518. The van der Waals surface area contributed by atoms with Crippen molar-refractivity contribution in [1.82, 2.24) is 29.5 Å². The molecule has 1 fully saturated rings. The molecule has 8 atom stereocenters. The second kappa shape index (κ2) is 13.5. The maximum atomic E-state index is 12.4. The van der Waals surface area contributed by atoms with E-state index in [0.29, 0.717) is 0 Å². The van der Waals surface area contributed by atoms with Gasteiger partial charge in [-0.15, -0.1) is 12.6 Å². The largest absolute Gasteiger partial charge is 0.481 e. The first-order valence-electron chi connectivity index (χ1n) is 13.1. The van der Waals surface area contributed by atoms with Gasteiger partial charge in [-0.25, -0.2) is 14.1 Å². The maximum absolute atomic E-state index is 12.4. The number of nitrogen functional groups attached to an aromatic ring is 2. The van der Waals surface area contributed by atoms with Crippen LogP contribution in [0.25, 0.3) is 11.2 Å². The van der Waals surface area contributed by atoms with Gasteiger partial charge in [-0.3, -0.25) is 33.2 Å². The highest BCUT2D eigenvalue weighted by molar-refractivity contribution is 7.85. The van der Waals surface area contributed by atoms with Crippen LogP contribution in [0.4, 0.5) is 23.4 Å². The van der Waals surface area contributed by atoms with Crippen molar-refractivity contribution < 1.29 is 52.3 Å². The Morgan fingerprint density at radius 1 is 1.13 bits per heavy atom. The van der Waals surface area contributed by atoms with Crippen LogP contribution in [0.1, 0.15) is 6.23 Å². The predicted octanol–water partition coefficient (Wildman–Crippen LogP) is -3.34. The third-order valence-corrected chi connectivity index (χ3v) is 10.7. The highest BCUT2D eigenvalue weighted by Gasteiger charge is 2.46. The number of phosphoric acid groups is 2. The van der Waals surface area contributed by atoms with Crippen molar-refractivity contribution in [3.05, 3.63) is 36.8 Å². The number of ether oxygens (including phenoxy) is 1. The third kappa shape index (κ3) is 7.67. The number of aliphatic hydroxyl groups excluding tert-OH is 3. The molecule has 0 aromatic carbocycles. The molecule has 13 N–H and O–H groups in total. The summed E-state index contributed by atoms with van der Waals surface area (Å²) in [6.45, 7) is -1.76. The molecular weight excluding hydrogens is 714 g/mol. The normalized spacial score (nSPS) is 26.4. The monoisotopic (exact) mass is 743 g/mol. The number of nitrogens with zero attached hydrogens (tertiary/aromatic N) is 4. The number of aromatic amines is 2. The van der Waals surface area contributed by atoms with Gasteiger partial charge < -0.3 is 51.9 Å². The summed E-state index contributed by atoms with van der Waals surface area (Å²) in [7, 11) is -10.8. The van der Waals surface area contributed by atoms with E-state index in [1.165, 1.54) is 0 Å². The van der Waals surface area contributed by atoms with E-state index in [9.17, 15) is 43.8 Å². The smallest absolute Gasteiger partial charge is 0.387 e. The summed E-state index contributed by atoms with van der Waals surface area (Å²) in [4.78, 5) is 60.7. The van der Waals surface area contributed by atoms with E-state index in [1.807, 2.05) is 0 Å². The summed E-state index contributed by atoms with van der Waals surface area (Å²) in [6, 6.07) is -0.696. The average molecular weight is 744 g/mol. The molecule has 23 nitrogen and oxygen atoms in total. The highest BCUT2D eigenvalue weighted by atomic mass is 32.1. The molecule has 2 unspecified atom stereocenters. The zero-order valence-electron chi connectivity index (χ0n) is 23.5. The number of thiol groups is 1. The zero-order valence-corrected chi connectivity index (χ0v) is 27.1. The molecule has 47 heavy (non-hydrogen) atoms. The zero-order chi connectivity index (χ0) is 34.4. The van der Waals surface area contributed by atoms with Crippen LogP contribution in [0.5, 0.6) is 0 Å². The summed E-state index contributed by atoms with van der Waals surface area (Å²) in [5.41, 5.74) is 9.63. The molecule has 0 amide bonds. The van der Waals surface area contributed by atoms with Gasteiger partial charge in [0, 0.05) is 6.54 Å². The fourth-order valence-corrected chi connectivity index (χ4v) is 7.17. The summed E-state index contributed by atoms with van der Waals surface area (Å²) in [5.74, 6) is -0.181. The van der Waals surface area contributed by atoms with Crippen LogP contribution in [0, 0.1) is 0 Å². The van der Waals surface area contributed by atoms with E-state index >= 15 is 0 Å². The van der Waals surface area contributed by atoms with Crippen LogP contribution in [-0.2, 0) is 39.9 Å². The molecule has 3 aromatic heterocycles. The molecule has 0 radical (unpaired) electrons. The second-order valence-electron chi connectivity index (χ2n) is 10.00. The van der Waals surface area contributed by atoms with Gasteiger partial charge in [0.15, 0.2) is 28.1 Å². The van der Waals surface area contributed by atoms with Crippen molar-refractivity contribution in [2.75, 3.05) is 41.9 Å². The Bertz CT molecular complexity index is 1920. The fourth-order valence-electron chi connectivity index (χ4n) is 4.52. The number of H-pyrrole nitrogens is 2. The van der Waals surface area contributed by atoms with Crippen LogP contribution >= 0.6 is 28.3 Å². The Morgan fingerprint density at radius 3 is 2.51 bits per heavy atom. The number of aliphatic hydroxyl groups is 3. The first-order valence-corrected chi connectivity index (χ1v) is 17.0. The van der Waals surface area contributed by atoms with Crippen molar-refractivity contribution in [3.8, 4) is 0 Å². The first kappa shape index (κ1) is 35.3. The van der Waals surface area contributed by atoms with Gasteiger partial charge in [0.25, 0.3) is 11.1 Å². The number of nitrogens with one attached hydrogen (secondary N) is 4. The minimum Gasteiger partial charge on any atom is -0.387 e. The molecule has 258 valence electrons. The molecule has 0 bridgehead atoms. The lowest BCUT2D eigenvalue weighted by Gasteiger charge is -2.27.